The number of hydrogen-bond donors (Lipinski definition) is 2. The molecule has 0 saturated heterocycles. The average Bonchev–Trinajstić information content (AvgIpc) is 3.47. The standard InChI is InChI=1S/C75H142N2O3/c1-4-7-10-13-16-18-20-22-24-26-28-30-32-34-36-38-40-42-44-46-48-50-52-54-56-59-62-67-76-74(78)71-65-66-72(73(70-71)80-69-64-61-58-15-12-9-6-3)75(79)77-68-63-60-57-55-53-51-49-47-45-43-41-39-37-35-33-31-29-27-25-23-21-19-17-14-11-8-5-2/h65-66,70H,4-64,67-69H2,1-3H3,(H,76,78)(H,77,79). The van der Waals surface area contributed by atoms with E-state index >= 15 is 0 Å². The number of nitrogens with one attached hydrogen (secondary N) is 2. The van der Waals surface area contributed by atoms with Crippen molar-refractivity contribution in [2.24, 2.45) is 0 Å². The maximum Gasteiger partial charge on any atom is 0.255 e. The van der Waals surface area contributed by atoms with Gasteiger partial charge < -0.3 is 15.4 Å². The molecule has 0 aliphatic carbocycles. The Bertz CT molecular complexity index is 1400. The van der Waals surface area contributed by atoms with Crippen LogP contribution >= 0.6 is 0 Å². The Kier molecular flexibility index (Phi) is 61.3. The molecule has 470 valence electrons. The predicted octanol–water partition coefficient (Wildman–Crippen LogP) is 25.4. The summed E-state index contributed by atoms with van der Waals surface area (Å²) in [5.41, 5.74) is 1.12. The second-order valence-electron chi connectivity index (χ2n) is 25.6. The lowest BCUT2D eigenvalue weighted by Crippen LogP contribution is -2.26. The van der Waals surface area contributed by atoms with Crippen molar-refractivity contribution in [3.63, 3.8) is 0 Å². The molecule has 5 heteroatoms. The molecule has 0 bridgehead atoms. The van der Waals surface area contributed by atoms with Gasteiger partial charge in [0.15, 0.2) is 0 Å². The number of rotatable bonds is 67. The number of carbonyl (C=O) groups excluding carboxylic acids is 2. The van der Waals surface area contributed by atoms with E-state index in [-0.39, 0.29) is 11.8 Å². The third-order valence-corrected chi connectivity index (χ3v) is 17.6. The van der Waals surface area contributed by atoms with Crippen LogP contribution in [0.3, 0.4) is 0 Å². The van der Waals surface area contributed by atoms with E-state index in [1.165, 1.54) is 353 Å². The predicted molar refractivity (Wildman–Crippen MR) is 355 cm³/mol. The fourth-order valence-electron chi connectivity index (χ4n) is 12.0. The molecule has 0 unspecified atom stereocenters. The first-order valence-corrected chi connectivity index (χ1v) is 37.0. The van der Waals surface area contributed by atoms with Gasteiger partial charge in [-0.1, -0.05) is 393 Å². The summed E-state index contributed by atoms with van der Waals surface area (Å²) in [6, 6.07) is 5.40. The maximum atomic E-state index is 13.4. The van der Waals surface area contributed by atoms with Crippen molar-refractivity contribution in [2.45, 2.75) is 412 Å². The van der Waals surface area contributed by atoms with Gasteiger partial charge in [0.05, 0.1) is 12.2 Å². The van der Waals surface area contributed by atoms with Crippen LogP contribution in [0.2, 0.25) is 0 Å². The van der Waals surface area contributed by atoms with E-state index in [4.69, 9.17) is 4.74 Å². The van der Waals surface area contributed by atoms with Crippen molar-refractivity contribution in [3.05, 3.63) is 29.3 Å². The SMILES string of the molecule is CCCCCCCCCCCCCCCCCCCCCCCCCCCCCNC(=O)c1ccc(C(=O)NCCCCCCCCCCCCCCCCCCCCCCCCCCCCC)c(OCCCCCCCCC)c1. The second kappa shape index (κ2) is 64.5. The topological polar surface area (TPSA) is 67.4 Å². The largest absolute Gasteiger partial charge is 0.493 e. The van der Waals surface area contributed by atoms with E-state index in [1.807, 2.05) is 0 Å². The summed E-state index contributed by atoms with van der Waals surface area (Å²) in [6.07, 6.45) is 83.9. The minimum absolute atomic E-state index is 0.0757. The van der Waals surface area contributed by atoms with Crippen LogP contribution in [0.1, 0.15) is 433 Å². The summed E-state index contributed by atoms with van der Waals surface area (Å²) >= 11 is 0. The lowest BCUT2D eigenvalue weighted by atomic mass is 10.0. The second-order valence-corrected chi connectivity index (χ2v) is 25.6. The van der Waals surface area contributed by atoms with Crippen molar-refractivity contribution in [3.8, 4) is 5.75 Å². The summed E-state index contributed by atoms with van der Waals surface area (Å²) in [4.78, 5) is 26.7. The van der Waals surface area contributed by atoms with Gasteiger partial charge >= 0.3 is 0 Å². The highest BCUT2D eigenvalue weighted by Crippen LogP contribution is 2.23. The molecule has 2 amide bonds. The zero-order valence-electron chi connectivity index (χ0n) is 54.7. The van der Waals surface area contributed by atoms with Crippen LogP contribution in [0, 0.1) is 0 Å². The minimum atomic E-state index is -0.0953. The number of unbranched alkanes of at least 4 members (excludes halogenated alkanes) is 58. The first-order valence-electron chi connectivity index (χ1n) is 37.0. The van der Waals surface area contributed by atoms with Crippen LogP contribution in [0.5, 0.6) is 5.75 Å². The highest BCUT2D eigenvalue weighted by molar-refractivity contribution is 6.00. The van der Waals surface area contributed by atoms with E-state index in [0.717, 1.165) is 38.5 Å². The van der Waals surface area contributed by atoms with E-state index in [1.54, 1.807) is 18.2 Å². The van der Waals surface area contributed by atoms with Crippen LogP contribution < -0.4 is 15.4 Å². The molecule has 0 spiro atoms. The molecule has 0 heterocycles. The molecule has 1 aromatic carbocycles. The van der Waals surface area contributed by atoms with Crippen LogP contribution in [0.4, 0.5) is 0 Å². The zero-order valence-corrected chi connectivity index (χ0v) is 54.7. The normalized spacial score (nSPS) is 11.5. The molecule has 80 heavy (non-hydrogen) atoms. The van der Waals surface area contributed by atoms with Gasteiger partial charge in [-0.15, -0.1) is 0 Å². The van der Waals surface area contributed by atoms with E-state index < -0.39 is 0 Å². The monoisotopic (exact) mass is 1120 g/mol. The molecular formula is C75H142N2O3. The van der Waals surface area contributed by atoms with Crippen LogP contribution in [-0.2, 0) is 0 Å². The van der Waals surface area contributed by atoms with Crippen LogP contribution in [-0.4, -0.2) is 31.5 Å². The molecule has 2 N–H and O–H groups in total. The van der Waals surface area contributed by atoms with Crippen molar-refractivity contribution < 1.29 is 14.3 Å². The fraction of sp³-hybridized carbons (Fsp3) is 0.893. The number of benzene rings is 1. The zero-order chi connectivity index (χ0) is 57.4. The van der Waals surface area contributed by atoms with Gasteiger partial charge in [-0.3, -0.25) is 9.59 Å². The minimum Gasteiger partial charge on any atom is -0.493 e. The summed E-state index contributed by atoms with van der Waals surface area (Å²) in [6.45, 7) is 8.80. The summed E-state index contributed by atoms with van der Waals surface area (Å²) in [5.74, 6) is 0.368. The molecule has 1 aromatic rings. The van der Waals surface area contributed by atoms with Gasteiger partial charge in [-0.2, -0.15) is 0 Å². The maximum absolute atomic E-state index is 13.4. The molecule has 1 rings (SSSR count). The highest BCUT2D eigenvalue weighted by Gasteiger charge is 2.16. The Morgan fingerprint density at radius 3 is 0.738 bits per heavy atom. The molecule has 0 fully saturated rings. The molecule has 0 aliphatic heterocycles. The summed E-state index contributed by atoms with van der Waals surface area (Å²) in [7, 11) is 0. The van der Waals surface area contributed by atoms with Gasteiger partial charge in [-0.05, 0) is 37.5 Å². The Labute approximate surface area is 501 Å². The van der Waals surface area contributed by atoms with E-state index in [2.05, 4.69) is 31.4 Å². The molecule has 0 saturated carbocycles. The fourth-order valence-corrected chi connectivity index (χ4v) is 12.0. The number of ether oxygens (including phenoxy) is 1. The van der Waals surface area contributed by atoms with E-state index in [0.29, 0.717) is 36.6 Å². The molecule has 0 atom stereocenters. The third-order valence-electron chi connectivity index (χ3n) is 17.6. The highest BCUT2D eigenvalue weighted by atomic mass is 16.5. The molecule has 0 aromatic heterocycles. The van der Waals surface area contributed by atoms with Crippen molar-refractivity contribution in [2.75, 3.05) is 19.7 Å². The first kappa shape index (κ1) is 76.0. The van der Waals surface area contributed by atoms with Gasteiger partial charge in [0, 0.05) is 18.7 Å². The van der Waals surface area contributed by atoms with Gasteiger partial charge in [0.2, 0.25) is 0 Å². The average molecular weight is 1120 g/mol. The Morgan fingerprint density at radius 2 is 0.487 bits per heavy atom. The van der Waals surface area contributed by atoms with Crippen molar-refractivity contribution in [1.29, 1.82) is 0 Å². The van der Waals surface area contributed by atoms with Crippen molar-refractivity contribution >= 4 is 11.8 Å². The molecular weight excluding hydrogens is 977 g/mol. The van der Waals surface area contributed by atoms with Gasteiger partial charge in [0.1, 0.15) is 5.75 Å². The lowest BCUT2D eigenvalue weighted by molar-refractivity contribution is 0.0937. The smallest absolute Gasteiger partial charge is 0.255 e. The lowest BCUT2D eigenvalue weighted by Gasteiger charge is -2.14. The molecule has 0 aliphatic rings. The molecule has 5 nitrogen and oxygen atoms in total. The van der Waals surface area contributed by atoms with Crippen LogP contribution in [0.25, 0.3) is 0 Å². The van der Waals surface area contributed by atoms with Crippen molar-refractivity contribution in [1.82, 2.24) is 10.6 Å². The summed E-state index contributed by atoms with van der Waals surface area (Å²) in [5, 5.41) is 6.31. The van der Waals surface area contributed by atoms with Crippen LogP contribution in [0.15, 0.2) is 18.2 Å². The summed E-state index contributed by atoms with van der Waals surface area (Å²) < 4.78 is 6.26. The first-order chi connectivity index (χ1) is 39.6. The molecule has 0 radical (unpaired) electrons. The number of carbonyl (C=O) groups is 2. The third kappa shape index (κ3) is 53.9. The Balaban J connectivity index is 2.11. The Hall–Kier alpha value is -2.04. The number of hydrogen-bond acceptors (Lipinski definition) is 3. The Morgan fingerprint density at radius 1 is 0.275 bits per heavy atom. The number of amides is 2. The van der Waals surface area contributed by atoms with Gasteiger partial charge in [-0.25, -0.2) is 0 Å². The van der Waals surface area contributed by atoms with E-state index in [9.17, 15) is 9.59 Å². The van der Waals surface area contributed by atoms with Gasteiger partial charge in [0.25, 0.3) is 11.8 Å². The quantitative estimate of drug-likeness (QED) is 0.0639.